The standard InChI is InChI=1S/C15H22O4/c1-3-4-5-6-7-12-18-19-15(16)13-8-10-14(17-2)11-9-13/h8-11H,3-7,12H2,1-2H3. The van der Waals surface area contributed by atoms with Gasteiger partial charge in [0, 0.05) is 0 Å². The normalized spacial score (nSPS) is 10.2. The van der Waals surface area contributed by atoms with E-state index in [2.05, 4.69) is 6.92 Å². The lowest BCUT2D eigenvalue weighted by Crippen LogP contribution is -2.07. The highest BCUT2D eigenvalue weighted by molar-refractivity contribution is 5.89. The van der Waals surface area contributed by atoms with E-state index in [1.54, 1.807) is 31.4 Å². The van der Waals surface area contributed by atoms with Crippen molar-refractivity contribution in [2.45, 2.75) is 39.0 Å². The molecule has 0 aromatic heterocycles. The number of carbonyl (C=O) groups excluding carboxylic acids is 1. The Hall–Kier alpha value is -1.55. The van der Waals surface area contributed by atoms with Crippen molar-refractivity contribution in [3.63, 3.8) is 0 Å². The summed E-state index contributed by atoms with van der Waals surface area (Å²) >= 11 is 0. The number of ether oxygens (including phenoxy) is 1. The molecular formula is C15H22O4. The number of benzene rings is 1. The third kappa shape index (κ3) is 6.25. The first-order valence-electron chi connectivity index (χ1n) is 6.75. The van der Waals surface area contributed by atoms with Crippen molar-refractivity contribution >= 4 is 5.97 Å². The molecule has 0 unspecified atom stereocenters. The van der Waals surface area contributed by atoms with Crippen LogP contribution >= 0.6 is 0 Å². The van der Waals surface area contributed by atoms with Crippen molar-refractivity contribution in [2.75, 3.05) is 13.7 Å². The van der Waals surface area contributed by atoms with E-state index in [1.807, 2.05) is 0 Å². The molecular weight excluding hydrogens is 244 g/mol. The van der Waals surface area contributed by atoms with E-state index in [-0.39, 0.29) is 0 Å². The SMILES string of the molecule is CCCCCCCOOC(=O)c1ccc(OC)cc1. The van der Waals surface area contributed by atoms with Gasteiger partial charge >= 0.3 is 5.97 Å². The molecule has 0 N–H and O–H groups in total. The predicted molar refractivity (Wildman–Crippen MR) is 73.1 cm³/mol. The zero-order valence-corrected chi connectivity index (χ0v) is 11.7. The van der Waals surface area contributed by atoms with Crippen LogP contribution in [0.2, 0.25) is 0 Å². The summed E-state index contributed by atoms with van der Waals surface area (Å²) in [6.45, 7) is 2.62. The molecule has 0 aliphatic heterocycles. The van der Waals surface area contributed by atoms with Gasteiger partial charge in [-0.1, -0.05) is 32.6 Å². The van der Waals surface area contributed by atoms with Gasteiger partial charge in [-0.2, -0.15) is 4.89 Å². The van der Waals surface area contributed by atoms with Crippen LogP contribution in [-0.4, -0.2) is 19.7 Å². The maximum Gasteiger partial charge on any atom is 0.373 e. The lowest BCUT2D eigenvalue weighted by Gasteiger charge is -2.04. The smallest absolute Gasteiger partial charge is 0.373 e. The van der Waals surface area contributed by atoms with Gasteiger partial charge in [-0.05, 0) is 30.7 Å². The van der Waals surface area contributed by atoms with Crippen LogP contribution in [0.4, 0.5) is 0 Å². The number of hydrogen-bond acceptors (Lipinski definition) is 4. The molecule has 106 valence electrons. The molecule has 1 aromatic rings. The highest BCUT2D eigenvalue weighted by Crippen LogP contribution is 2.12. The highest BCUT2D eigenvalue weighted by atomic mass is 17.2. The Labute approximate surface area is 114 Å². The lowest BCUT2D eigenvalue weighted by molar-refractivity contribution is -0.241. The van der Waals surface area contributed by atoms with Gasteiger partial charge in [0.05, 0.1) is 19.3 Å². The van der Waals surface area contributed by atoms with Crippen LogP contribution in [0.15, 0.2) is 24.3 Å². The van der Waals surface area contributed by atoms with Gasteiger partial charge in [-0.25, -0.2) is 4.79 Å². The zero-order chi connectivity index (χ0) is 13.9. The zero-order valence-electron chi connectivity index (χ0n) is 11.7. The number of carbonyl (C=O) groups is 1. The summed E-state index contributed by atoms with van der Waals surface area (Å²) in [6.07, 6.45) is 5.68. The molecule has 0 bridgehead atoms. The first-order chi connectivity index (χ1) is 9.27. The summed E-state index contributed by atoms with van der Waals surface area (Å²) in [5.41, 5.74) is 0.451. The molecule has 19 heavy (non-hydrogen) atoms. The van der Waals surface area contributed by atoms with Crippen LogP contribution in [0.1, 0.15) is 49.4 Å². The average molecular weight is 266 g/mol. The molecule has 0 spiro atoms. The molecule has 0 atom stereocenters. The highest BCUT2D eigenvalue weighted by Gasteiger charge is 2.08. The van der Waals surface area contributed by atoms with E-state index < -0.39 is 5.97 Å². The Kier molecular flexibility index (Phi) is 7.66. The third-order valence-corrected chi connectivity index (χ3v) is 2.79. The summed E-state index contributed by atoms with van der Waals surface area (Å²) in [7, 11) is 1.58. The molecule has 0 amide bonds. The van der Waals surface area contributed by atoms with Crippen LogP contribution in [0.5, 0.6) is 5.75 Å². The van der Waals surface area contributed by atoms with Crippen molar-refractivity contribution in [1.29, 1.82) is 0 Å². The second-order valence-electron chi connectivity index (χ2n) is 4.34. The van der Waals surface area contributed by atoms with E-state index in [9.17, 15) is 4.79 Å². The van der Waals surface area contributed by atoms with Gasteiger partial charge in [0.1, 0.15) is 5.75 Å². The summed E-state index contributed by atoms with van der Waals surface area (Å²) < 4.78 is 5.01. The first kappa shape index (κ1) is 15.5. The lowest BCUT2D eigenvalue weighted by atomic mass is 10.2. The average Bonchev–Trinajstić information content (AvgIpc) is 2.46. The Morgan fingerprint density at radius 1 is 1.05 bits per heavy atom. The van der Waals surface area contributed by atoms with E-state index in [0.717, 1.165) is 12.8 Å². The number of methoxy groups -OCH3 is 1. The minimum atomic E-state index is -0.476. The molecule has 0 saturated heterocycles. The molecule has 0 saturated carbocycles. The molecule has 0 aliphatic rings. The molecule has 0 heterocycles. The van der Waals surface area contributed by atoms with Crippen molar-refractivity contribution in [1.82, 2.24) is 0 Å². The van der Waals surface area contributed by atoms with E-state index in [0.29, 0.717) is 17.9 Å². The van der Waals surface area contributed by atoms with Gasteiger partial charge in [0.25, 0.3) is 0 Å². The summed E-state index contributed by atoms with van der Waals surface area (Å²) in [4.78, 5) is 21.2. The van der Waals surface area contributed by atoms with Crippen molar-refractivity contribution in [3.8, 4) is 5.75 Å². The molecule has 4 nitrogen and oxygen atoms in total. The minimum Gasteiger partial charge on any atom is -0.497 e. The molecule has 4 heteroatoms. The minimum absolute atomic E-state index is 0.450. The first-order valence-corrected chi connectivity index (χ1v) is 6.75. The van der Waals surface area contributed by atoms with Gasteiger partial charge in [0.2, 0.25) is 0 Å². The van der Waals surface area contributed by atoms with Crippen molar-refractivity contribution in [2.24, 2.45) is 0 Å². The monoisotopic (exact) mass is 266 g/mol. The number of rotatable bonds is 9. The Morgan fingerprint density at radius 3 is 2.37 bits per heavy atom. The predicted octanol–water partition coefficient (Wildman–Crippen LogP) is 3.75. The van der Waals surface area contributed by atoms with Gasteiger partial charge in [0.15, 0.2) is 0 Å². The summed E-state index contributed by atoms with van der Waals surface area (Å²) in [5.74, 6) is 0.226. The third-order valence-electron chi connectivity index (χ3n) is 2.79. The van der Waals surface area contributed by atoms with Gasteiger partial charge in [-0.3, -0.25) is 4.89 Å². The largest absolute Gasteiger partial charge is 0.497 e. The molecule has 0 radical (unpaired) electrons. The fraction of sp³-hybridized carbons (Fsp3) is 0.533. The molecule has 0 aliphatic carbocycles. The number of unbranched alkanes of at least 4 members (excludes halogenated alkanes) is 4. The molecule has 0 fully saturated rings. The fourth-order valence-electron chi connectivity index (χ4n) is 1.63. The Bertz CT molecular complexity index is 359. The van der Waals surface area contributed by atoms with Gasteiger partial charge in [-0.15, -0.1) is 0 Å². The second kappa shape index (κ2) is 9.39. The Morgan fingerprint density at radius 2 is 1.74 bits per heavy atom. The van der Waals surface area contributed by atoms with Gasteiger partial charge < -0.3 is 4.74 Å². The number of hydrogen-bond donors (Lipinski definition) is 0. The maximum atomic E-state index is 11.6. The second-order valence-corrected chi connectivity index (χ2v) is 4.34. The quantitative estimate of drug-likeness (QED) is 0.388. The molecule has 1 aromatic carbocycles. The van der Waals surface area contributed by atoms with Crippen LogP contribution in [0.3, 0.4) is 0 Å². The van der Waals surface area contributed by atoms with Crippen molar-refractivity contribution in [3.05, 3.63) is 29.8 Å². The fourth-order valence-corrected chi connectivity index (χ4v) is 1.63. The van der Waals surface area contributed by atoms with Crippen LogP contribution in [0, 0.1) is 0 Å². The van der Waals surface area contributed by atoms with E-state index >= 15 is 0 Å². The topological polar surface area (TPSA) is 44.8 Å². The summed E-state index contributed by atoms with van der Waals surface area (Å²) in [6, 6.07) is 6.71. The van der Waals surface area contributed by atoms with Crippen LogP contribution < -0.4 is 4.74 Å². The maximum absolute atomic E-state index is 11.6. The van der Waals surface area contributed by atoms with Crippen LogP contribution in [0.25, 0.3) is 0 Å². The summed E-state index contributed by atoms with van der Waals surface area (Å²) in [5, 5.41) is 0. The Balaban J connectivity index is 2.16. The van der Waals surface area contributed by atoms with E-state index in [1.165, 1.54) is 19.3 Å². The van der Waals surface area contributed by atoms with E-state index in [4.69, 9.17) is 14.5 Å². The molecule has 1 rings (SSSR count). The van der Waals surface area contributed by atoms with Crippen molar-refractivity contribution < 1.29 is 19.3 Å². The van der Waals surface area contributed by atoms with Crippen LogP contribution in [-0.2, 0) is 9.78 Å².